The molecule has 4 heteroatoms. The maximum atomic E-state index is 11.4. The highest BCUT2D eigenvalue weighted by Gasteiger charge is 2.16. The molecule has 0 aliphatic rings. The molecule has 1 rings (SSSR count). The maximum Gasteiger partial charge on any atom is 0.374 e. The van der Waals surface area contributed by atoms with Crippen molar-refractivity contribution in [1.82, 2.24) is 0 Å². The van der Waals surface area contributed by atoms with Crippen LogP contribution in [0.4, 0.5) is 0 Å². The molecular weight excluding hydrogens is 284 g/mol. The van der Waals surface area contributed by atoms with Gasteiger partial charge in [0.2, 0.25) is 5.78 Å². The molecule has 0 amide bonds. The summed E-state index contributed by atoms with van der Waals surface area (Å²) in [5.74, 6) is -1.21. The number of esters is 1. The van der Waals surface area contributed by atoms with Gasteiger partial charge in [0.25, 0.3) is 0 Å². The van der Waals surface area contributed by atoms with Crippen LogP contribution in [0.15, 0.2) is 28.7 Å². The molecule has 0 radical (unpaired) electrons. The van der Waals surface area contributed by atoms with Crippen molar-refractivity contribution in [3.05, 3.63) is 34.3 Å². The molecule has 0 atom stereocenters. The van der Waals surface area contributed by atoms with Crippen molar-refractivity contribution >= 4 is 27.7 Å². The van der Waals surface area contributed by atoms with Crippen molar-refractivity contribution in [3.8, 4) is 0 Å². The van der Waals surface area contributed by atoms with Crippen LogP contribution in [0.3, 0.4) is 0 Å². The molecule has 0 heterocycles. The minimum Gasteiger partial charge on any atom is -0.457 e. The van der Waals surface area contributed by atoms with Crippen molar-refractivity contribution in [2.24, 2.45) is 0 Å². The Kier molecular flexibility index (Phi) is 5.35. The van der Waals surface area contributed by atoms with E-state index in [4.69, 9.17) is 4.74 Å². The van der Waals surface area contributed by atoms with Crippen LogP contribution in [0.2, 0.25) is 0 Å². The lowest BCUT2D eigenvalue weighted by Crippen LogP contribution is -2.21. The zero-order chi connectivity index (χ0) is 12.8. The standard InChI is InChI=1S/C13H15BrO3/c1-9(2)17-13(16)12(15)8-5-10-3-6-11(14)7-4-10/h3-4,6-7,9H,5,8H2,1-2H3. The first-order valence-corrected chi connectivity index (χ1v) is 6.26. The van der Waals surface area contributed by atoms with Gasteiger partial charge in [-0.25, -0.2) is 4.79 Å². The summed E-state index contributed by atoms with van der Waals surface area (Å²) in [6.07, 6.45) is 0.492. The predicted molar refractivity (Wildman–Crippen MR) is 68.7 cm³/mol. The van der Waals surface area contributed by atoms with E-state index in [2.05, 4.69) is 15.9 Å². The average Bonchev–Trinajstić information content (AvgIpc) is 2.27. The van der Waals surface area contributed by atoms with Gasteiger partial charge in [-0.1, -0.05) is 28.1 Å². The van der Waals surface area contributed by atoms with Crippen LogP contribution in [0.5, 0.6) is 0 Å². The molecule has 0 saturated heterocycles. The van der Waals surface area contributed by atoms with Crippen LogP contribution in [-0.2, 0) is 20.7 Å². The summed E-state index contributed by atoms with van der Waals surface area (Å²) in [4.78, 5) is 22.7. The van der Waals surface area contributed by atoms with Crippen molar-refractivity contribution in [2.45, 2.75) is 32.8 Å². The third-order valence-corrected chi connectivity index (χ3v) is 2.65. The topological polar surface area (TPSA) is 43.4 Å². The van der Waals surface area contributed by atoms with E-state index in [0.717, 1.165) is 10.0 Å². The molecule has 0 fully saturated rings. The number of ether oxygens (including phenoxy) is 1. The fourth-order valence-electron chi connectivity index (χ4n) is 1.29. The van der Waals surface area contributed by atoms with Gasteiger partial charge in [-0.2, -0.15) is 0 Å². The normalized spacial score (nSPS) is 10.4. The molecule has 0 aliphatic carbocycles. The second-order valence-electron chi connectivity index (χ2n) is 4.00. The van der Waals surface area contributed by atoms with Crippen LogP contribution in [0, 0.1) is 0 Å². The van der Waals surface area contributed by atoms with Crippen LogP contribution in [0.1, 0.15) is 25.8 Å². The molecule has 0 bridgehead atoms. The molecule has 92 valence electrons. The highest BCUT2D eigenvalue weighted by molar-refractivity contribution is 9.10. The Bertz CT molecular complexity index is 396. The monoisotopic (exact) mass is 298 g/mol. The minimum absolute atomic E-state index is 0.188. The van der Waals surface area contributed by atoms with Gasteiger partial charge in [0, 0.05) is 10.9 Å². The zero-order valence-corrected chi connectivity index (χ0v) is 11.5. The number of Topliss-reactive ketones (excluding diaryl/α,β-unsaturated/α-hetero) is 1. The van der Waals surface area contributed by atoms with Gasteiger partial charge in [0.15, 0.2) is 0 Å². The molecule has 0 N–H and O–H groups in total. The molecule has 17 heavy (non-hydrogen) atoms. The largest absolute Gasteiger partial charge is 0.457 e. The fraction of sp³-hybridized carbons (Fsp3) is 0.385. The molecule has 0 spiro atoms. The Labute approximate surface area is 109 Å². The molecule has 1 aromatic carbocycles. The van der Waals surface area contributed by atoms with Gasteiger partial charge in [-0.15, -0.1) is 0 Å². The van der Waals surface area contributed by atoms with Gasteiger partial charge in [0.05, 0.1) is 6.10 Å². The Morgan fingerprint density at radius 1 is 1.24 bits per heavy atom. The van der Waals surface area contributed by atoms with E-state index in [0.29, 0.717) is 6.42 Å². The maximum absolute atomic E-state index is 11.4. The molecule has 0 unspecified atom stereocenters. The molecule has 1 aromatic rings. The van der Waals surface area contributed by atoms with E-state index < -0.39 is 11.8 Å². The molecule has 0 saturated carbocycles. The number of aryl methyl sites for hydroxylation is 1. The fourth-order valence-corrected chi connectivity index (χ4v) is 1.56. The van der Waals surface area contributed by atoms with Crippen molar-refractivity contribution in [1.29, 1.82) is 0 Å². The van der Waals surface area contributed by atoms with Crippen LogP contribution in [-0.4, -0.2) is 17.9 Å². The second-order valence-corrected chi connectivity index (χ2v) is 4.92. The molecule has 3 nitrogen and oxygen atoms in total. The van der Waals surface area contributed by atoms with Gasteiger partial charge < -0.3 is 4.74 Å². The molecule has 0 aliphatic heterocycles. The summed E-state index contributed by atoms with van der Waals surface area (Å²) < 4.78 is 5.82. The summed E-state index contributed by atoms with van der Waals surface area (Å²) >= 11 is 3.33. The second kappa shape index (κ2) is 6.55. The smallest absolute Gasteiger partial charge is 0.374 e. The highest BCUT2D eigenvalue weighted by atomic mass is 79.9. The Morgan fingerprint density at radius 3 is 2.35 bits per heavy atom. The summed E-state index contributed by atoms with van der Waals surface area (Å²) in [7, 11) is 0. The average molecular weight is 299 g/mol. The number of hydrogen-bond acceptors (Lipinski definition) is 3. The zero-order valence-electron chi connectivity index (χ0n) is 9.90. The quantitative estimate of drug-likeness (QED) is 0.620. The van der Waals surface area contributed by atoms with E-state index in [9.17, 15) is 9.59 Å². The molecule has 0 aromatic heterocycles. The minimum atomic E-state index is -0.739. The van der Waals surface area contributed by atoms with E-state index in [1.807, 2.05) is 24.3 Å². The first-order valence-electron chi connectivity index (χ1n) is 5.47. The number of halogens is 1. The molecular formula is C13H15BrO3. The number of carbonyl (C=O) groups is 2. The number of carbonyl (C=O) groups excluding carboxylic acids is 2. The number of ketones is 1. The van der Waals surface area contributed by atoms with Gasteiger partial charge in [-0.05, 0) is 38.0 Å². The van der Waals surface area contributed by atoms with Crippen molar-refractivity contribution < 1.29 is 14.3 Å². The summed E-state index contributed by atoms with van der Waals surface area (Å²) in [5, 5.41) is 0. The lowest BCUT2D eigenvalue weighted by Gasteiger charge is -2.06. The predicted octanol–water partition coefficient (Wildman–Crippen LogP) is 2.90. The SMILES string of the molecule is CC(C)OC(=O)C(=O)CCc1ccc(Br)cc1. The number of rotatable bonds is 5. The number of benzene rings is 1. The Morgan fingerprint density at radius 2 is 1.82 bits per heavy atom. The Hall–Kier alpha value is -1.16. The Balaban J connectivity index is 2.43. The van der Waals surface area contributed by atoms with E-state index in [-0.39, 0.29) is 12.5 Å². The van der Waals surface area contributed by atoms with E-state index in [1.165, 1.54) is 0 Å². The summed E-state index contributed by atoms with van der Waals surface area (Å²) in [6.45, 7) is 3.44. The van der Waals surface area contributed by atoms with Crippen molar-refractivity contribution in [2.75, 3.05) is 0 Å². The number of hydrogen-bond donors (Lipinski definition) is 0. The third-order valence-electron chi connectivity index (χ3n) is 2.12. The van der Waals surface area contributed by atoms with Crippen LogP contribution in [0.25, 0.3) is 0 Å². The summed E-state index contributed by atoms with van der Waals surface area (Å²) in [5.41, 5.74) is 1.03. The lowest BCUT2D eigenvalue weighted by molar-refractivity contribution is -0.156. The van der Waals surface area contributed by atoms with E-state index >= 15 is 0 Å². The van der Waals surface area contributed by atoms with E-state index in [1.54, 1.807) is 13.8 Å². The highest BCUT2D eigenvalue weighted by Crippen LogP contribution is 2.12. The summed E-state index contributed by atoms with van der Waals surface area (Å²) in [6, 6.07) is 7.66. The lowest BCUT2D eigenvalue weighted by atomic mass is 10.1. The van der Waals surface area contributed by atoms with Gasteiger partial charge in [0.1, 0.15) is 0 Å². The van der Waals surface area contributed by atoms with Gasteiger partial charge >= 0.3 is 5.97 Å². The van der Waals surface area contributed by atoms with Crippen molar-refractivity contribution in [3.63, 3.8) is 0 Å². The third kappa shape index (κ3) is 5.13. The first-order chi connectivity index (χ1) is 7.99. The first kappa shape index (κ1) is 13.9. The van der Waals surface area contributed by atoms with Crippen LogP contribution < -0.4 is 0 Å². The van der Waals surface area contributed by atoms with Crippen LogP contribution >= 0.6 is 15.9 Å². The van der Waals surface area contributed by atoms with Gasteiger partial charge in [-0.3, -0.25) is 4.79 Å².